The van der Waals surface area contributed by atoms with Crippen LogP contribution in [0.25, 0.3) is 0 Å². The van der Waals surface area contributed by atoms with Crippen LogP contribution in [-0.2, 0) is 9.59 Å². The highest BCUT2D eigenvalue weighted by atomic mass is 16.1. The number of hydrogen-bond donors (Lipinski definition) is 0. The summed E-state index contributed by atoms with van der Waals surface area (Å²) in [4.78, 5) is 24.2. The first kappa shape index (κ1) is 13.7. The molecule has 114 valence electrons. The van der Waals surface area contributed by atoms with E-state index in [-0.39, 0.29) is 5.41 Å². The van der Waals surface area contributed by atoms with Gasteiger partial charge in [0.2, 0.25) is 0 Å². The molecule has 4 unspecified atom stereocenters. The van der Waals surface area contributed by atoms with E-state index in [0.29, 0.717) is 23.4 Å². The summed E-state index contributed by atoms with van der Waals surface area (Å²) in [6.45, 7) is 2.23. The number of hydrogen-bond acceptors (Lipinski definition) is 2. The van der Waals surface area contributed by atoms with Crippen LogP contribution in [-0.4, -0.2) is 11.6 Å². The molecule has 5 atom stereocenters. The Labute approximate surface area is 127 Å². The Morgan fingerprint density at radius 1 is 1.05 bits per heavy atom. The maximum absolute atomic E-state index is 12.5. The minimum Gasteiger partial charge on any atom is -0.299 e. The highest BCUT2D eigenvalue weighted by molar-refractivity contribution is 5.91. The van der Waals surface area contributed by atoms with E-state index >= 15 is 0 Å². The molecule has 21 heavy (non-hydrogen) atoms. The van der Waals surface area contributed by atoms with E-state index in [1.165, 1.54) is 18.4 Å². The molecular formula is C19H26O2. The lowest BCUT2D eigenvalue weighted by Gasteiger charge is -2.52. The third kappa shape index (κ3) is 1.83. The summed E-state index contributed by atoms with van der Waals surface area (Å²) in [5, 5.41) is 0. The van der Waals surface area contributed by atoms with E-state index in [9.17, 15) is 9.59 Å². The van der Waals surface area contributed by atoms with Crippen molar-refractivity contribution in [3.8, 4) is 0 Å². The highest BCUT2D eigenvalue weighted by Gasteiger charge is 2.57. The lowest BCUT2D eigenvalue weighted by molar-refractivity contribution is -0.133. The average Bonchev–Trinajstić information content (AvgIpc) is 2.84. The third-order valence-corrected chi connectivity index (χ3v) is 7.38. The first-order valence-electron chi connectivity index (χ1n) is 8.92. The SMILES string of the molecule is CC[C@]12CCC3C4CCC(=O)C=C4CCC3C1CCC2=O. The van der Waals surface area contributed by atoms with Gasteiger partial charge in [-0.05, 0) is 74.7 Å². The van der Waals surface area contributed by atoms with Gasteiger partial charge >= 0.3 is 0 Å². The molecule has 4 aliphatic rings. The third-order valence-electron chi connectivity index (χ3n) is 7.38. The molecule has 2 heteroatoms. The van der Waals surface area contributed by atoms with E-state index < -0.39 is 0 Å². The molecule has 0 heterocycles. The van der Waals surface area contributed by atoms with Gasteiger partial charge in [-0.2, -0.15) is 0 Å². The van der Waals surface area contributed by atoms with Gasteiger partial charge in [0.25, 0.3) is 0 Å². The molecule has 0 aliphatic heterocycles. The lowest BCUT2D eigenvalue weighted by atomic mass is 9.51. The van der Waals surface area contributed by atoms with E-state index in [0.717, 1.165) is 56.8 Å². The summed E-state index contributed by atoms with van der Waals surface area (Å²) in [6.07, 6.45) is 11.5. The standard InChI is InChI=1S/C19H26O2/c1-2-19-10-9-15-14-6-4-13(20)11-12(14)3-5-16(15)17(19)7-8-18(19)21/h11,14-17H,2-10H2,1H3/t14?,15?,16?,17?,19-/m0/s1. The molecule has 0 spiro atoms. The Hall–Kier alpha value is -0.920. The van der Waals surface area contributed by atoms with Crippen molar-refractivity contribution in [2.24, 2.45) is 29.1 Å². The Morgan fingerprint density at radius 3 is 2.71 bits per heavy atom. The fourth-order valence-electron chi connectivity index (χ4n) is 6.40. The molecule has 0 aromatic heterocycles. The van der Waals surface area contributed by atoms with Gasteiger partial charge in [0.15, 0.2) is 5.78 Å². The number of ketones is 2. The van der Waals surface area contributed by atoms with Crippen molar-refractivity contribution >= 4 is 11.6 Å². The zero-order valence-electron chi connectivity index (χ0n) is 13.1. The quantitative estimate of drug-likeness (QED) is 0.727. The maximum Gasteiger partial charge on any atom is 0.155 e. The smallest absolute Gasteiger partial charge is 0.155 e. The number of fused-ring (bicyclic) bond motifs is 5. The van der Waals surface area contributed by atoms with Crippen LogP contribution in [0.1, 0.15) is 64.7 Å². The van der Waals surface area contributed by atoms with Crippen molar-refractivity contribution in [2.45, 2.75) is 64.7 Å². The number of carbonyl (C=O) groups is 2. The molecule has 3 saturated carbocycles. The summed E-state index contributed by atoms with van der Waals surface area (Å²) >= 11 is 0. The summed E-state index contributed by atoms with van der Waals surface area (Å²) in [7, 11) is 0. The van der Waals surface area contributed by atoms with E-state index in [1.54, 1.807) is 0 Å². The van der Waals surface area contributed by atoms with Crippen molar-refractivity contribution in [1.29, 1.82) is 0 Å². The van der Waals surface area contributed by atoms with Crippen molar-refractivity contribution in [3.05, 3.63) is 11.6 Å². The van der Waals surface area contributed by atoms with E-state index in [4.69, 9.17) is 0 Å². The predicted octanol–water partition coefficient (Wildman–Crippen LogP) is 4.09. The van der Waals surface area contributed by atoms with Gasteiger partial charge in [-0.15, -0.1) is 0 Å². The number of carbonyl (C=O) groups excluding carboxylic acids is 2. The van der Waals surface area contributed by atoms with Crippen LogP contribution in [0.15, 0.2) is 11.6 Å². The Bertz CT molecular complexity index is 518. The highest BCUT2D eigenvalue weighted by Crippen LogP contribution is 2.61. The zero-order valence-corrected chi connectivity index (χ0v) is 13.1. The van der Waals surface area contributed by atoms with Gasteiger partial charge in [0.05, 0.1) is 0 Å². The molecule has 4 rings (SSSR count). The molecule has 3 fully saturated rings. The molecule has 0 radical (unpaired) electrons. The topological polar surface area (TPSA) is 34.1 Å². The van der Waals surface area contributed by atoms with Gasteiger partial charge < -0.3 is 0 Å². The minimum atomic E-state index is 0.0346. The van der Waals surface area contributed by atoms with Crippen molar-refractivity contribution in [2.75, 3.05) is 0 Å². The van der Waals surface area contributed by atoms with Crippen LogP contribution >= 0.6 is 0 Å². The van der Waals surface area contributed by atoms with Crippen LogP contribution in [0.5, 0.6) is 0 Å². The second-order valence-electron chi connectivity index (χ2n) is 7.81. The molecule has 0 aromatic carbocycles. The minimum absolute atomic E-state index is 0.0346. The summed E-state index contributed by atoms with van der Waals surface area (Å²) in [5.41, 5.74) is 1.48. The molecule has 4 aliphatic carbocycles. The molecule has 0 N–H and O–H groups in total. The molecule has 0 amide bonds. The Kier molecular flexibility index (Phi) is 3.13. The largest absolute Gasteiger partial charge is 0.299 e. The molecular weight excluding hydrogens is 260 g/mol. The maximum atomic E-state index is 12.5. The van der Waals surface area contributed by atoms with Crippen LogP contribution in [0.3, 0.4) is 0 Å². The van der Waals surface area contributed by atoms with Crippen molar-refractivity contribution in [1.82, 2.24) is 0 Å². The first-order valence-corrected chi connectivity index (χ1v) is 8.92. The monoisotopic (exact) mass is 286 g/mol. The molecule has 2 nitrogen and oxygen atoms in total. The normalized spacial score (nSPS) is 45.7. The summed E-state index contributed by atoms with van der Waals surface area (Å²) in [6, 6.07) is 0. The molecule has 0 aromatic rings. The van der Waals surface area contributed by atoms with Crippen LogP contribution in [0, 0.1) is 29.1 Å². The second kappa shape index (κ2) is 4.79. The summed E-state index contributed by atoms with van der Waals surface area (Å²) in [5.74, 6) is 3.72. The van der Waals surface area contributed by atoms with Crippen LogP contribution in [0.2, 0.25) is 0 Å². The summed E-state index contributed by atoms with van der Waals surface area (Å²) < 4.78 is 0. The first-order chi connectivity index (χ1) is 10.2. The van der Waals surface area contributed by atoms with Gasteiger partial charge in [-0.25, -0.2) is 0 Å². The predicted molar refractivity (Wildman–Crippen MR) is 81.7 cm³/mol. The van der Waals surface area contributed by atoms with E-state index in [2.05, 4.69) is 6.92 Å². The Balaban J connectivity index is 1.65. The Morgan fingerprint density at radius 2 is 1.90 bits per heavy atom. The van der Waals surface area contributed by atoms with E-state index in [1.807, 2.05) is 6.08 Å². The molecule has 0 bridgehead atoms. The van der Waals surface area contributed by atoms with Crippen LogP contribution < -0.4 is 0 Å². The zero-order chi connectivity index (χ0) is 14.6. The van der Waals surface area contributed by atoms with Gasteiger partial charge in [0.1, 0.15) is 5.78 Å². The van der Waals surface area contributed by atoms with Gasteiger partial charge in [-0.1, -0.05) is 12.5 Å². The lowest BCUT2D eigenvalue weighted by Crippen LogP contribution is -2.47. The van der Waals surface area contributed by atoms with Gasteiger partial charge in [-0.3, -0.25) is 9.59 Å². The van der Waals surface area contributed by atoms with Crippen molar-refractivity contribution < 1.29 is 9.59 Å². The fourth-order valence-corrected chi connectivity index (χ4v) is 6.40. The fraction of sp³-hybridized carbons (Fsp3) is 0.789. The average molecular weight is 286 g/mol. The number of allylic oxidation sites excluding steroid dienone is 1. The molecule has 0 saturated heterocycles. The number of rotatable bonds is 1. The van der Waals surface area contributed by atoms with Crippen molar-refractivity contribution in [3.63, 3.8) is 0 Å². The second-order valence-corrected chi connectivity index (χ2v) is 7.81. The van der Waals surface area contributed by atoms with Crippen LogP contribution in [0.4, 0.5) is 0 Å². The van der Waals surface area contributed by atoms with Gasteiger partial charge in [0, 0.05) is 18.3 Å². The number of Topliss-reactive ketones (excluding diaryl/α,β-unsaturated/α-hetero) is 1.